The molecule has 20 heavy (non-hydrogen) atoms. The maximum absolute atomic E-state index is 10.9. The summed E-state index contributed by atoms with van der Waals surface area (Å²) >= 11 is 3.59. The van der Waals surface area contributed by atoms with E-state index < -0.39 is 0 Å². The second-order valence-corrected chi connectivity index (χ2v) is 6.67. The Hall–Kier alpha value is -0.380. The predicted octanol–water partition coefficient (Wildman–Crippen LogP) is 4.01. The van der Waals surface area contributed by atoms with Gasteiger partial charge in [0.05, 0.1) is 6.10 Å². The molecular formula is C17H26BrNO. The molecule has 2 rings (SSSR count). The van der Waals surface area contributed by atoms with Gasteiger partial charge in [0.2, 0.25) is 0 Å². The van der Waals surface area contributed by atoms with Crippen molar-refractivity contribution in [2.75, 3.05) is 13.1 Å². The van der Waals surface area contributed by atoms with Crippen LogP contribution in [-0.2, 0) is 6.42 Å². The Morgan fingerprint density at radius 1 is 1.20 bits per heavy atom. The maximum Gasteiger partial charge on any atom is 0.0764 e. The summed E-state index contributed by atoms with van der Waals surface area (Å²) in [7, 11) is 0. The number of nitrogens with zero attached hydrogens (tertiary/aromatic N) is 1. The number of aliphatic hydroxyl groups is 1. The molecule has 0 radical (unpaired) electrons. The van der Waals surface area contributed by atoms with Crippen LogP contribution >= 0.6 is 15.9 Å². The highest BCUT2D eigenvalue weighted by Gasteiger charge is 2.41. The molecule has 1 aliphatic rings. The van der Waals surface area contributed by atoms with Gasteiger partial charge in [-0.05, 0) is 50.4 Å². The predicted molar refractivity (Wildman–Crippen MR) is 88.0 cm³/mol. The fraction of sp³-hybridized carbons (Fsp3) is 0.647. The monoisotopic (exact) mass is 339 g/mol. The second kappa shape index (κ2) is 7.06. The highest BCUT2D eigenvalue weighted by molar-refractivity contribution is 9.10. The third-order valence-electron chi connectivity index (χ3n) is 4.95. The summed E-state index contributed by atoms with van der Waals surface area (Å²) in [6.07, 6.45) is 4.96. The van der Waals surface area contributed by atoms with Crippen molar-refractivity contribution in [3.8, 4) is 0 Å². The quantitative estimate of drug-likeness (QED) is 0.846. The van der Waals surface area contributed by atoms with E-state index in [1.54, 1.807) is 0 Å². The van der Waals surface area contributed by atoms with Crippen LogP contribution in [0, 0.1) is 0 Å². The highest BCUT2D eigenvalue weighted by atomic mass is 79.9. The molecule has 0 amide bonds. The average Bonchev–Trinajstić information content (AvgIpc) is 2.98. The van der Waals surface area contributed by atoms with Gasteiger partial charge in [0, 0.05) is 16.4 Å². The highest BCUT2D eigenvalue weighted by Crippen LogP contribution is 2.33. The molecule has 1 fully saturated rings. The van der Waals surface area contributed by atoms with Crippen molar-refractivity contribution in [1.82, 2.24) is 4.90 Å². The van der Waals surface area contributed by atoms with Crippen molar-refractivity contribution in [1.29, 1.82) is 0 Å². The molecule has 1 atom stereocenters. The molecule has 1 aliphatic heterocycles. The van der Waals surface area contributed by atoms with Crippen molar-refractivity contribution in [2.45, 2.75) is 57.6 Å². The van der Waals surface area contributed by atoms with Crippen molar-refractivity contribution < 1.29 is 5.11 Å². The number of benzene rings is 1. The Kier molecular flexibility index (Phi) is 5.65. The van der Waals surface area contributed by atoms with E-state index in [2.05, 4.69) is 46.8 Å². The van der Waals surface area contributed by atoms with E-state index in [1.807, 2.05) is 12.1 Å². The zero-order valence-electron chi connectivity index (χ0n) is 12.6. The first-order valence-electron chi connectivity index (χ1n) is 7.80. The summed E-state index contributed by atoms with van der Waals surface area (Å²) in [6.45, 7) is 6.69. The Morgan fingerprint density at radius 2 is 1.80 bits per heavy atom. The van der Waals surface area contributed by atoms with Crippen molar-refractivity contribution in [2.24, 2.45) is 0 Å². The summed E-state index contributed by atoms with van der Waals surface area (Å²) in [5, 5.41) is 10.9. The van der Waals surface area contributed by atoms with Crippen LogP contribution in [-0.4, -0.2) is 34.7 Å². The van der Waals surface area contributed by atoms with Crippen LogP contribution in [0.25, 0.3) is 0 Å². The van der Waals surface area contributed by atoms with Gasteiger partial charge < -0.3 is 5.11 Å². The third kappa shape index (κ3) is 3.10. The van der Waals surface area contributed by atoms with Gasteiger partial charge in [0.1, 0.15) is 0 Å². The van der Waals surface area contributed by atoms with E-state index in [-0.39, 0.29) is 11.6 Å². The second-order valence-electron chi connectivity index (χ2n) is 5.82. The van der Waals surface area contributed by atoms with Gasteiger partial charge in [-0.3, -0.25) is 4.90 Å². The first kappa shape index (κ1) is 16.0. The fourth-order valence-electron chi connectivity index (χ4n) is 3.60. The van der Waals surface area contributed by atoms with Crippen LogP contribution in [0.1, 0.15) is 45.1 Å². The van der Waals surface area contributed by atoms with E-state index >= 15 is 0 Å². The minimum absolute atomic E-state index is 0.0637. The summed E-state index contributed by atoms with van der Waals surface area (Å²) in [5.74, 6) is 0. The molecule has 3 heteroatoms. The van der Waals surface area contributed by atoms with E-state index in [0.717, 1.165) is 36.8 Å². The Morgan fingerprint density at radius 3 is 2.35 bits per heavy atom. The van der Waals surface area contributed by atoms with Crippen molar-refractivity contribution >= 4 is 15.9 Å². The lowest BCUT2D eigenvalue weighted by atomic mass is 9.82. The number of hydrogen-bond acceptors (Lipinski definition) is 2. The molecule has 1 N–H and O–H groups in total. The maximum atomic E-state index is 10.9. The summed E-state index contributed by atoms with van der Waals surface area (Å²) in [4.78, 5) is 2.52. The number of aliphatic hydroxyl groups excluding tert-OH is 1. The van der Waals surface area contributed by atoms with Gasteiger partial charge in [-0.15, -0.1) is 0 Å². The molecular weight excluding hydrogens is 314 g/mol. The normalized spacial score (nSPS) is 18.4. The van der Waals surface area contributed by atoms with Crippen LogP contribution in [0.15, 0.2) is 28.7 Å². The largest absolute Gasteiger partial charge is 0.391 e. The lowest BCUT2D eigenvalue weighted by Gasteiger charge is -2.44. The summed E-state index contributed by atoms with van der Waals surface area (Å²) in [5.41, 5.74) is 1.14. The van der Waals surface area contributed by atoms with Gasteiger partial charge in [-0.1, -0.05) is 48.0 Å². The lowest BCUT2D eigenvalue weighted by Crippen LogP contribution is -2.55. The molecule has 0 spiro atoms. The third-order valence-corrected chi connectivity index (χ3v) is 5.73. The first-order valence-corrected chi connectivity index (χ1v) is 8.60. The van der Waals surface area contributed by atoms with Gasteiger partial charge in [-0.2, -0.15) is 0 Å². The number of rotatable bonds is 6. The van der Waals surface area contributed by atoms with Crippen LogP contribution in [0.2, 0.25) is 0 Å². The van der Waals surface area contributed by atoms with E-state index in [4.69, 9.17) is 0 Å². The topological polar surface area (TPSA) is 23.5 Å². The van der Waals surface area contributed by atoms with Crippen molar-refractivity contribution in [3.05, 3.63) is 34.3 Å². The molecule has 0 aromatic heterocycles. The zero-order chi connectivity index (χ0) is 14.6. The molecule has 1 heterocycles. The number of likely N-dealkylation sites (tertiary alicyclic amines) is 1. The van der Waals surface area contributed by atoms with Crippen LogP contribution in [0.5, 0.6) is 0 Å². The minimum Gasteiger partial charge on any atom is -0.391 e. The minimum atomic E-state index is -0.311. The average molecular weight is 340 g/mol. The summed E-state index contributed by atoms with van der Waals surface area (Å²) in [6, 6.07) is 8.22. The fourth-order valence-corrected chi connectivity index (χ4v) is 4.05. The molecule has 1 saturated heterocycles. The molecule has 0 saturated carbocycles. The standard InChI is InChI=1S/C17H26BrNO/c1-3-17(4-2,19-11-7-8-12-19)16(20)13-14-9-5-6-10-15(14)18/h5-6,9-10,16,20H,3-4,7-8,11-13H2,1-2H3. The Bertz CT molecular complexity index is 425. The van der Waals surface area contributed by atoms with Crippen LogP contribution < -0.4 is 0 Å². The van der Waals surface area contributed by atoms with E-state index in [9.17, 15) is 5.11 Å². The molecule has 0 bridgehead atoms. The lowest BCUT2D eigenvalue weighted by molar-refractivity contribution is -0.0270. The Labute approximate surface area is 131 Å². The van der Waals surface area contributed by atoms with Gasteiger partial charge in [0.15, 0.2) is 0 Å². The first-order chi connectivity index (χ1) is 9.64. The molecule has 1 unspecified atom stereocenters. The molecule has 0 aliphatic carbocycles. The number of hydrogen-bond donors (Lipinski definition) is 1. The molecule has 112 valence electrons. The smallest absolute Gasteiger partial charge is 0.0764 e. The number of halogens is 1. The van der Waals surface area contributed by atoms with Gasteiger partial charge in [-0.25, -0.2) is 0 Å². The van der Waals surface area contributed by atoms with Crippen molar-refractivity contribution in [3.63, 3.8) is 0 Å². The molecule has 1 aromatic carbocycles. The summed E-state index contributed by atoms with van der Waals surface area (Å²) < 4.78 is 1.10. The SMILES string of the molecule is CCC(CC)(C(O)Cc1ccccc1Br)N1CCCC1. The van der Waals surface area contributed by atoms with Gasteiger partial charge >= 0.3 is 0 Å². The van der Waals surface area contributed by atoms with Gasteiger partial charge in [0.25, 0.3) is 0 Å². The van der Waals surface area contributed by atoms with Crippen LogP contribution in [0.3, 0.4) is 0 Å². The molecule has 2 nitrogen and oxygen atoms in total. The van der Waals surface area contributed by atoms with E-state index in [0.29, 0.717) is 0 Å². The molecule has 1 aromatic rings. The Balaban J connectivity index is 2.18. The van der Waals surface area contributed by atoms with E-state index in [1.165, 1.54) is 18.4 Å². The zero-order valence-corrected chi connectivity index (χ0v) is 14.2. The van der Waals surface area contributed by atoms with Crippen LogP contribution in [0.4, 0.5) is 0 Å².